The van der Waals surface area contributed by atoms with Gasteiger partial charge in [0.05, 0.1) is 6.20 Å². The van der Waals surface area contributed by atoms with Gasteiger partial charge in [0.15, 0.2) is 0 Å². The van der Waals surface area contributed by atoms with Crippen molar-refractivity contribution in [1.29, 1.82) is 0 Å². The Morgan fingerprint density at radius 1 is 1.35 bits per heavy atom. The van der Waals surface area contributed by atoms with E-state index in [1.165, 1.54) is 0 Å². The average molecular weight is 269 g/mol. The first kappa shape index (κ1) is 12.5. The molecule has 0 aliphatic heterocycles. The quantitative estimate of drug-likeness (QED) is 0.790. The lowest BCUT2D eigenvalue weighted by molar-refractivity contribution is -0.121. The van der Waals surface area contributed by atoms with E-state index >= 15 is 0 Å². The van der Waals surface area contributed by atoms with Gasteiger partial charge in [0.2, 0.25) is 5.91 Å². The third-order valence-electron chi connectivity index (χ3n) is 3.32. The molecule has 102 valence electrons. The number of aryl methyl sites for hydroxylation is 1. The van der Waals surface area contributed by atoms with Gasteiger partial charge in [-0.3, -0.25) is 4.79 Å². The van der Waals surface area contributed by atoms with Crippen LogP contribution in [0.1, 0.15) is 11.3 Å². The number of hydrogen-bond acceptors (Lipinski definition) is 3. The van der Waals surface area contributed by atoms with Gasteiger partial charge in [-0.2, -0.15) is 0 Å². The van der Waals surface area contributed by atoms with Crippen molar-refractivity contribution in [3.05, 3.63) is 54.0 Å². The fourth-order valence-electron chi connectivity index (χ4n) is 2.17. The molecule has 1 amide bonds. The molecular weight excluding hydrogens is 254 g/mol. The smallest absolute Gasteiger partial charge is 0.240 e. The zero-order chi connectivity index (χ0) is 13.9. The SMILES string of the molecule is Cc1oncc1CNC(=O)Cn1ccc2ccccc21. The predicted octanol–water partition coefficient (Wildman–Crippen LogP) is 2.25. The Hall–Kier alpha value is -2.56. The molecule has 5 heteroatoms. The fourth-order valence-corrected chi connectivity index (χ4v) is 2.17. The van der Waals surface area contributed by atoms with Crippen molar-refractivity contribution in [2.45, 2.75) is 20.0 Å². The maximum atomic E-state index is 12.0. The topological polar surface area (TPSA) is 60.1 Å². The molecule has 0 aliphatic carbocycles. The molecule has 0 aliphatic rings. The van der Waals surface area contributed by atoms with Gasteiger partial charge >= 0.3 is 0 Å². The van der Waals surface area contributed by atoms with Crippen LogP contribution < -0.4 is 5.32 Å². The van der Waals surface area contributed by atoms with Crippen LogP contribution in [0.3, 0.4) is 0 Å². The molecule has 0 bridgehead atoms. The molecule has 0 saturated carbocycles. The first-order valence-electron chi connectivity index (χ1n) is 6.45. The van der Waals surface area contributed by atoms with Crippen molar-refractivity contribution in [1.82, 2.24) is 15.0 Å². The fraction of sp³-hybridized carbons (Fsp3) is 0.200. The number of nitrogens with one attached hydrogen (secondary N) is 1. The minimum absolute atomic E-state index is 0.0352. The normalized spacial score (nSPS) is 10.8. The van der Waals surface area contributed by atoms with E-state index in [-0.39, 0.29) is 5.91 Å². The second-order valence-electron chi connectivity index (χ2n) is 4.69. The van der Waals surface area contributed by atoms with Crippen LogP contribution >= 0.6 is 0 Å². The van der Waals surface area contributed by atoms with Crippen LogP contribution in [-0.4, -0.2) is 15.6 Å². The van der Waals surface area contributed by atoms with E-state index < -0.39 is 0 Å². The average Bonchev–Trinajstić information content (AvgIpc) is 3.04. The van der Waals surface area contributed by atoms with Crippen LogP contribution in [0.25, 0.3) is 10.9 Å². The number of carbonyl (C=O) groups is 1. The van der Waals surface area contributed by atoms with Crippen molar-refractivity contribution in [2.75, 3.05) is 0 Å². The highest BCUT2D eigenvalue weighted by Crippen LogP contribution is 2.14. The minimum Gasteiger partial charge on any atom is -0.361 e. The van der Waals surface area contributed by atoms with E-state index in [0.29, 0.717) is 13.1 Å². The first-order chi connectivity index (χ1) is 9.74. The summed E-state index contributed by atoms with van der Waals surface area (Å²) in [5.74, 6) is 0.698. The number of benzene rings is 1. The summed E-state index contributed by atoms with van der Waals surface area (Å²) in [5.41, 5.74) is 1.96. The van der Waals surface area contributed by atoms with Gasteiger partial charge in [0, 0.05) is 23.8 Å². The lowest BCUT2D eigenvalue weighted by atomic mass is 10.2. The number of para-hydroxylation sites is 1. The van der Waals surface area contributed by atoms with E-state index in [1.807, 2.05) is 48.0 Å². The Bertz CT molecular complexity index is 742. The number of fused-ring (bicyclic) bond motifs is 1. The summed E-state index contributed by atoms with van der Waals surface area (Å²) >= 11 is 0. The number of carbonyl (C=O) groups excluding carboxylic acids is 1. The van der Waals surface area contributed by atoms with Gasteiger partial charge in [-0.25, -0.2) is 0 Å². The summed E-state index contributed by atoms with van der Waals surface area (Å²) in [4.78, 5) is 12.0. The number of rotatable bonds is 4. The van der Waals surface area contributed by atoms with Gasteiger partial charge in [0.1, 0.15) is 12.3 Å². The Morgan fingerprint density at radius 2 is 2.20 bits per heavy atom. The third kappa shape index (κ3) is 2.42. The molecule has 0 fully saturated rings. The summed E-state index contributed by atoms with van der Waals surface area (Å²) in [5, 5.41) is 7.69. The van der Waals surface area contributed by atoms with E-state index in [4.69, 9.17) is 4.52 Å². The van der Waals surface area contributed by atoms with Gasteiger partial charge < -0.3 is 14.4 Å². The lowest BCUT2D eigenvalue weighted by Gasteiger charge is -2.06. The van der Waals surface area contributed by atoms with Crippen LogP contribution in [0.2, 0.25) is 0 Å². The van der Waals surface area contributed by atoms with E-state index in [1.54, 1.807) is 6.20 Å². The van der Waals surface area contributed by atoms with Gasteiger partial charge in [-0.1, -0.05) is 23.4 Å². The number of hydrogen-bond donors (Lipinski definition) is 1. The Kier molecular flexibility index (Phi) is 3.25. The van der Waals surface area contributed by atoms with Crippen molar-refractivity contribution in [3.8, 4) is 0 Å². The highest BCUT2D eigenvalue weighted by Gasteiger charge is 2.08. The molecule has 0 atom stereocenters. The minimum atomic E-state index is -0.0352. The molecule has 20 heavy (non-hydrogen) atoms. The van der Waals surface area contributed by atoms with Crippen molar-refractivity contribution >= 4 is 16.8 Å². The molecule has 1 N–H and O–H groups in total. The summed E-state index contributed by atoms with van der Waals surface area (Å²) in [7, 11) is 0. The second-order valence-corrected chi connectivity index (χ2v) is 4.69. The molecule has 0 spiro atoms. The molecule has 3 aromatic rings. The highest BCUT2D eigenvalue weighted by molar-refractivity contribution is 5.83. The number of nitrogens with zero attached hydrogens (tertiary/aromatic N) is 2. The Morgan fingerprint density at radius 3 is 3.00 bits per heavy atom. The zero-order valence-electron chi connectivity index (χ0n) is 11.2. The maximum absolute atomic E-state index is 12.0. The summed E-state index contributed by atoms with van der Waals surface area (Å²) in [6.07, 6.45) is 3.55. The molecule has 3 rings (SSSR count). The molecule has 0 unspecified atom stereocenters. The molecular formula is C15H15N3O2. The third-order valence-corrected chi connectivity index (χ3v) is 3.32. The first-order valence-corrected chi connectivity index (χ1v) is 6.45. The van der Waals surface area contributed by atoms with E-state index in [0.717, 1.165) is 22.2 Å². The molecule has 1 aromatic carbocycles. The lowest BCUT2D eigenvalue weighted by Crippen LogP contribution is -2.26. The van der Waals surface area contributed by atoms with Gasteiger partial charge in [-0.15, -0.1) is 0 Å². The van der Waals surface area contributed by atoms with Crippen LogP contribution in [0, 0.1) is 6.92 Å². The molecule has 2 aromatic heterocycles. The van der Waals surface area contributed by atoms with Crippen LogP contribution in [0.15, 0.2) is 47.2 Å². The van der Waals surface area contributed by atoms with Crippen molar-refractivity contribution in [2.24, 2.45) is 0 Å². The van der Waals surface area contributed by atoms with E-state index in [2.05, 4.69) is 10.5 Å². The maximum Gasteiger partial charge on any atom is 0.240 e. The Labute approximate surface area is 116 Å². The summed E-state index contributed by atoms with van der Waals surface area (Å²) in [6.45, 7) is 2.57. The molecule has 0 saturated heterocycles. The molecule has 5 nitrogen and oxygen atoms in total. The highest BCUT2D eigenvalue weighted by atomic mass is 16.5. The molecule has 0 radical (unpaired) electrons. The van der Waals surface area contributed by atoms with Crippen LogP contribution in [-0.2, 0) is 17.9 Å². The van der Waals surface area contributed by atoms with Gasteiger partial charge in [0.25, 0.3) is 0 Å². The predicted molar refractivity (Wildman–Crippen MR) is 75.0 cm³/mol. The van der Waals surface area contributed by atoms with Crippen LogP contribution in [0.5, 0.6) is 0 Å². The number of aromatic nitrogens is 2. The zero-order valence-corrected chi connectivity index (χ0v) is 11.2. The Balaban J connectivity index is 1.66. The van der Waals surface area contributed by atoms with Crippen LogP contribution in [0.4, 0.5) is 0 Å². The monoisotopic (exact) mass is 269 g/mol. The van der Waals surface area contributed by atoms with E-state index in [9.17, 15) is 4.79 Å². The van der Waals surface area contributed by atoms with Gasteiger partial charge in [-0.05, 0) is 24.4 Å². The second kappa shape index (κ2) is 5.21. The standard InChI is InChI=1S/C15H15N3O2/c1-11-13(9-17-20-11)8-16-15(19)10-18-7-6-12-4-2-3-5-14(12)18/h2-7,9H,8,10H2,1H3,(H,16,19). The van der Waals surface area contributed by atoms with Crippen molar-refractivity contribution in [3.63, 3.8) is 0 Å². The van der Waals surface area contributed by atoms with Crippen molar-refractivity contribution < 1.29 is 9.32 Å². The summed E-state index contributed by atoms with van der Waals surface area (Å²) < 4.78 is 6.89. The summed E-state index contributed by atoms with van der Waals surface area (Å²) in [6, 6.07) is 10.0. The molecule has 2 heterocycles. The number of amides is 1. The largest absolute Gasteiger partial charge is 0.361 e.